The Morgan fingerprint density at radius 1 is 1.26 bits per heavy atom. The summed E-state index contributed by atoms with van der Waals surface area (Å²) in [6.45, 7) is 2.87. The first-order chi connectivity index (χ1) is 9.20. The highest BCUT2D eigenvalue weighted by molar-refractivity contribution is 6.36. The Bertz CT molecular complexity index is 750. The molecule has 0 spiro atoms. The number of fused-ring (bicyclic) bond motifs is 1. The molecule has 0 atom stereocenters. The van der Waals surface area contributed by atoms with Gasteiger partial charge in [0.15, 0.2) is 0 Å². The molecule has 0 fully saturated rings. The van der Waals surface area contributed by atoms with Crippen LogP contribution in [0.15, 0.2) is 30.7 Å². The molecule has 0 aliphatic carbocycles. The Hall–Kier alpha value is -2.14. The second-order valence-electron chi connectivity index (χ2n) is 4.12. The summed E-state index contributed by atoms with van der Waals surface area (Å²) >= 11 is 6.29. The molecule has 96 valence electrons. The molecule has 0 aliphatic heterocycles. The number of halogens is 1. The maximum absolute atomic E-state index is 6.29. The van der Waals surface area contributed by atoms with E-state index in [4.69, 9.17) is 17.3 Å². The molecule has 0 radical (unpaired) electrons. The van der Waals surface area contributed by atoms with Gasteiger partial charge < -0.3 is 10.3 Å². The van der Waals surface area contributed by atoms with Crippen LogP contribution in [0.5, 0.6) is 0 Å². The van der Waals surface area contributed by atoms with Crippen molar-refractivity contribution in [3.05, 3.63) is 35.7 Å². The molecule has 5 nitrogen and oxygen atoms in total. The third-order valence-corrected chi connectivity index (χ3v) is 3.31. The van der Waals surface area contributed by atoms with E-state index in [1.165, 1.54) is 0 Å². The van der Waals surface area contributed by atoms with Crippen LogP contribution in [0.4, 0.5) is 5.95 Å². The molecule has 0 saturated heterocycles. The Morgan fingerprint density at radius 2 is 2.05 bits per heavy atom. The normalized spacial score (nSPS) is 11.1. The Labute approximate surface area is 115 Å². The molecule has 3 aromatic heterocycles. The van der Waals surface area contributed by atoms with Gasteiger partial charge in [0, 0.05) is 36.1 Å². The second kappa shape index (κ2) is 4.51. The smallest absolute Gasteiger partial charge is 0.220 e. The van der Waals surface area contributed by atoms with E-state index >= 15 is 0 Å². The molecular formula is C13H12ClN5. The van der Waals surface area contributed by atoms with Gasteiger partial charge in [-0.2, -0.15) is 0 Å². The summed E-state index contributed by atoms with van der Waals surface area (Å²) in [5, 5.41) is 1.55. The molecule has 0 bridgehead atoms. The molecule has 3 heterocycles. The quantitative estimate of drug-likeness (QED) is 0.779. The third kappa shape index (κ3) is 1.92. The van der Waals surface area contributed by atoms with Crippen molar-refractivity contribution in [2.24, 2.45) is 0 Å². The number of aromatic nitrogens is 4. The van der Waals surface area contributed by atoms with Gasteiger partial charge in [0.1, 0.15) is 5.65 Å². The summed E-state index contributed by atoms with van der Waals surface area (Å²) in [6, 6.07) is 3.59. The number of hydrogen-bond donors (Lipinski definition) is 1. The first-order valence-electron chi connectivity index (χ1n) is 5.93. The number of pyridine rings is 1. The average molecular weight is 274 g/mol. The zero-order valence-electron chi connectivity index (χ0n) is 10.3. The first kappa shape index (κ1) is 11.9. The maximum atomic E-state index is 6.29. The summed E-state index contributed by atoms with van der Waals surface area (Å²) in [4.78, 5) is 12.5. The lowest BCUT2D eigenvalue weighted by atomic mass is 10.1. The number of nitrogens with zero attached hydrogens (tertiary/aromatic N) is 4. The number of aryl methyl sites for hydroxylation is 1. The van der Waals surface area contributed by atoms with E-state index < -0.39 is 0 Å². The minimum atomic E-state index is 0.245. The highest BCUT2D eigenvalue weighted by Gasteiger charge is 2.14. The van der Waals surface area contributed by atoms with Gasteiger partial charge in [-0.3, -0.25) is 0 Å². The zero-order chi connectivity index (χ0) is 13.4. The van der Waals surface area contributed by atoms with Crippen LogP contribution in [0, 0.1) is 0 Å². The minimum absolute atomic E-state index is 0.245. The number of rotatable bonds is 2. The fraction of sp³-hybridized carbons (Fsp3) is 0.154. The number of nitrogen functional groups attached to an aromatic ring is 1. The standard InChI is InChI=1S/C13H12ClN5/c1-2-19-7-8(10-4-6-17-13(15)18-10)11-9(14)3-5-16-12(11)19/h3-7H,2H2,1H3,(H2,15,17,18). The maximum Gasteiger partial charge on any atom is 0.220 e. The van der Waals surface area contributed by atoms with Gasteiger partial charge in [0.2, 0.25) is 5.95 Å². The third-order valence-electron chi connectivity index (χ3n) is 3.00. The topological polar surface area (TPSA) is 69.6 Å². The van der Waals surface area contributed by atoms with Crippen molar-refractivity contribution in [3.8, 4) is 11.3 Å². The first-order valence-corrected chi connectivity index (χ1v) is 6.30. The molecule has 3 aromatic rings. The van der Waals surface area contributed by atoms with Crippen molar-refractivity contribution in [3.63, 3.8) is 0 Å². The molecule has 0 aliphatic rings. The van der Waals surface area contributed by atoms with E-state index in [-0.39, 0.29) is 5.95 Å². The van der Waals surface area contributed by atoms with Crippen LogP contribution in [0.1, 0.15) is 6.92 Å². The molecule has 6 heteroatoms. The lowest BCUT2D eigenvalue weighted by Crippen LogP contribution is -1.95. The van der Waals surface area contributed by atoms with Crippen LogP contribution in [0.25, 0.3) is 22.3 Å². The van der Waals surface area contributed by atoms with Gasteiger partial charge >= 0.3 is 0 Å². The Balaban J connectivity index is 2.35. The number of nitrogens with two attached hydrogens (primary N) is 1. The molecule has 0 aromatic carbocycles. The van der Waals surface area contributed by atoms with Gasteiger partial charge in [-0.25, -0.2) is 15.0 Å². The molecule has 0 unspecified atom stereocenters. The highest BCUT2D eigenvalue weighted by atomic mass is 35.5. The van der Waals surface area contributed by atoms with Crippen molar-refractivity contribution < 1.29 is 0 Å². The van der Waals surface area contributed by atoms with Crippen LogP contribution in [0.3, 0.4) is 0 Å². The van der Waals surface area contributed by atoms with E-state index in [9.17, 15) is 0 Å². The van der Waals surface area contributed by atoms with Crippen LogP contribution in [-0.2, 0) is 6.54 Å². The zero-order valence-corrected chi connectivity index (χ0v) is 11.1. The Morgan fingerprint density at radius 3 is 2.79 bits per heavy atom. The van der Waals surface area contributed by atoms with Gasteiger partial charge in [-0.15, -0.1) is 0 Å². The Kier molecular flexibility index (Phi) is 2.83. The predicted molar refractivity (Wildman–Crippen MR) is 75.9 cm³/mol. The van der Waals surface area contributed by atoms with Crippen LogP contribution >= 0.6 is 11.6 Å². The highest BCUT2D eigenvalue weighted by Crippen LogP contribution is 2.33. The van der Waals surface area contributed by atoms with Crippen LogP contribution < -0.4 is 5.73 Å². The monoisotopic (exact) mass is 273 g/mol. The molecule has 19 heavy (non-hydrogen) atoms. The van der Waals surface area contributed by atoms with E-state index in [1.807, 2.05) is 16.8 Å². The summed E-state index contributed by atoms with van der Waals surface area (Å²) in [6.07, 6.45) is 5.33. The minimum Gasteiger partial charge on any atom is -0.368 e. The van der Waals surface area contributed by atoms with Crippen molar-refractivity contribution in [1.29, 1.82) is 0 Å². The lowest BCUT2D eigenvalue weighted by molar-refractivity contribution is 0.788. The van der Waals surface area contributed by atoms with E-state index in [0.717, 1.165) is 28.8 Å². The second-order valence-corrected chi connectivity index (χ2v) is 4.53. The molecule has 0 saturated carbocycles. The van der Waals surface area contributed by atoms with Crippen LogP contribution in [-0.4, -0.2) is 19.5 Å². The SMILES string of the molecule is CCn1cc(-c2ccnc(N)n2)c2c(Cl)ccnc21. The summed E-state index contributed by atoms with van der Waals surface area (Å²) in [5.41, 5.74) is 8.16. The van der Waals surface area contributed by atoms with Crippen molar-refractivity contribution in [2.45, 2.75) is 13.5 Å². The molecule has 0 amide bonds. The van der Waals surface area contributed by atoms with Gasteiger partial charge in [-0.05, 0) is 19.1 Å². The van der Waals surface area contributed by atoms with Crippen LogP contribution in [0.2, 0.25) is 5.02 Å². The van der Waals surface area contributed by atoms with E-state index in [2.05, 4.69) is 21.9 Å². The molecular weight excluding hydrogens is 262 g/mol. The predicted octanol–water partition coefficient (Wildman–Crippen LogP) is 2.75. The largest absolute Gasteiger partial charge is 0.368 e. The van der Waals surface area contributed by atoms with Gasteiger partial charge in [0.25, 0.3) is 0 Å². The van der Waals surface area contributed by atoms with E-state index in [1.54, 1.807) is 18.5 Å². The van der Waals surface area contributed by atoms with Gasteiger partial charge in [-0.1, -0.05) is 11.6 Å². The summed E-state index contributed by atoms with van der Waals surface area (Å²) < 4.78 is 2.04. The number of hydrogen-bond acceptors (Lipinski definition) is 4. The van der Waals surface area contributed by atoms with Crippen molar-refractivity contribution in [2.75, 3.05) is 5.73 Å². The summed E-state index contributed by atoms with van der Waals surface area (Å²) in [7, 11) is 0. The number of anilines is 1. The fourth-order valence-electron chi connectivity index (χ4n) is 2.14. The molecule has 3 rings (SSSR count). The van der Waals surface area contributed by atoms with Crippen molar-refractivity contribution >= 4 is 28.6 Å². The van der Waals surface area contributed by atoms with E-state index in [0.29, 0.717) is 5.02 Å². The fourth-order valence-corrected chi connectivity index (χ4v) is 2.38. The van der Waals surface area contributed by atoms with Crippen molar-refractivity contribution in [1.82, 2.24) is 19.5 Å². The lowest BCUT2D eigenvalue weighted by Gasteiger charge is -2.00. The van der Waals surface area contributed by atoms with Gasteiger partial charge in [0.05, 0.1) is 10.7 Å². The average Bonchev–Trinajstić information content (AvgIpc) is 2.79. The molecule has 2 N–H and O–H groups in total. The summed E-state index contributed by atoms with van der Waals surface area (Å²) in [5.74, 6) is 0.245.